The van der Waals surface area contributed by atoms with Crippen molar-refractivity contribution in [3.63, 3.8) is 0 Å². The molecule has 0 unspecified atom stereocenters. The van der Waals surface area contributed by atoms with E-state index < -0.39 is 11.5 Å². The zero-order valence-corrected chi connectivity index (χ0v) is 13.5. The zero-order chi connectivity index (χ0) is 17.2. The number of nitrogens with zero attached hydrogens (tertiary/aromatic N) is 3. The van der Waals surface area contributed by atoms with E-state index in [0.29, 0.717) is 30.0 Å². The van der Waals surface area contributed by atoms with Gasteiger partial charge in [-0.1, -0.05) is 13.0 Å². The average molecular weight is 328 g/mol. The summed E-state index contributed by atoms with van der Waals surface area (Å²) in [5.74, 6) is -0.853. The first kappa shape index (κ1) is 16.2. The van der Waals surface area contributed by atoms with Gasteiger partial charge in [0.1, 0.15) is 18.2 Å². The number of hydrogen-bond donors (Lipinski definition) is 2. The van der Waals surface area contributed by atoms with Crippen LogP contribution in [0.2, 0.25) is 0 Å². The molecule has 2 N–H and O–H groups in total. The zero-order valence-electron chi connectivity index (χ0n) is 13.5. The Hall–Kier alpha value is -2.70. The Morgan fingerprint density at radius 2 is 2.08 bits per heavy atom. The molecule has 126 valence electrons. The molecule has 1 aliphatic rings. The molecule has 0 saturated heterocycles. The second-order valence-corrected chi connectivity index (χ2v) is 6.41. The van der Waals surface area contributed by atoms with E-state index in [2.05, 4.69) is 22.3 Å². The molecule has 1 amide bonds. The maximum absolute atomic E-state index is 12.6. The summed E-state index contributed by atoms with van der Waals surface area (Å²) in [6, 6.07) is 6.88. The number of carbonyl (C=O) groups is 2. The van der Waals surface area contributed by atoms with Crippen LogP contribution in [0.4, 0.5) is 0 Å². The van der Waals surface area contributed by atoms with Gasteiger partial charge in [-0.05, 0) is 49.8 Å². The summed E-state index contributed by atoms with van der Waals surface area (Å²) in [5.41, 5.74) is -0.0728. The smallest absolute Gasteiger partial charge is 0.329 e. The van der Waals surface area contributed by atoms with Gasteiger partial charge >= 0.3 is 5.97 Å². The van der Waals surface area contributed by atoms with Crippen molar-refractivity contribution in [2.45, 2.75) is 38.1 Å². The van der Waals surface area contributed by atoms with E-state index >= 15 is 0 Å². The Labute approximate surface area is 139 Å². The minimum atomic E-state index is -1.17. The number of nitrogens with one attached hydrogen (secondary N) is 1. The largest absolute Gasteiger partial charge is 0.480 e. The lowest BCUT2D eigenvalue weighted by atomic mass is 9.77. The van der Waals surface area contributed by atoms with E-state index in [4.69, 9.17) is 0 Å². The highest BCUT2D eigenvalue weighted by molar-refractivity contribution is 5.98. The summed E-state index contributed by atoms with van der Waals surface area (Å²) in [6.07, 6.45) is 5.46. The van der Waals surface area contributed by atoms with E-state index in [1.54, 1.807) is 28.9 Å². The fourth-order valence-electron chi connectivity index (χ4n) is 3.07. The minimum absolute atomic E-state index is 0.381. The van der Waals surface area contributed by atoms with Crippen LogP contribution in [0.15, 0.2) is 36.9 Å². The van der Waals surface area contributed by atoms with Crippen molar-refractivity contribution in [1.29, 1.82) is 0 Å². The minimum Gasteiger partial charge on any atom is -0.480 e. The number of carboxylic acid groups (broad SMARTS) is 1. The van der Waals surface area contributed by atoms with Gasteiger partial charge in [0, 0.05) is 5.56 Å². The van der Waals surface area contributed by atoms with Gasteiger partial charge in [-0.25, -0.2) is 14.5 Å². The van der Waals surface area contributed by atoms with Crippen LogP contribution in [0.1, 0.15) is 43.0 Å². The molecule has 1 fully saturated rings. The van der Waals surface area contributed by atoms with Gasteiger partial charge < -0.3 is 10.4 Å². The lowest BCUT2D eigenvalue weighted by Gasteiger charge is -2.36. The number of benzene rings is 1. The summed E-state index contributed by atoms with van der Waals surface area (Å²) in [7, 11) is 0. The summed E-state index contributed by atoms with van der Waals surface area (Å²) in [4.78, 5) is 28.3. The van der Waals surface area contributed by atoms with Crippen molar-refractivity contribution in [2.24, 2.45) is 5.92 Å². The third kappa shape index (κ3) is 3.15. The number of carboxylic acids is 1. The number of aliphatic carboxylic acids is 1. The fraction of sp³-hybridized carbons (Fsp3) is 0.412. The van der Waals surface area contributed by atoms with Gasteiger partial charge in [-0.15, -0.1) is 0 Å². The van der Waals surface area contributed by atoms with E-state index in [0.717, 1.165) is 12.8 Å². The molecule has 1 heterocycles. The molecule has 0 radical (unpaired) electrons. The summed E-state index contributed by atoms with van der Waals surface area (Å²) in [5, 5.41) is 16.4. The van der Waals surface area contributed by atoms with Crippen LogP contribution in [0.5, 0.6) is 0 Å². The Kier molecular flexibility index (Phi) is 4.33. The van der Waals surface area contributed by atoms with Gasteiger partial charge in [-0.3, -0.25) is 4.79 Å². The highest BCUT2D eigenvalue weighted by atomic mass is 16.4. The molecule has 7 heteroatoms. The van der Waals surface area contributed by atoms with Crippen molar-refractivity contribution in [3.8, 4) is 5.69 Å². The van der Waals surface area contributed by atoms with Crippen LogP contribution in [0, 0.1) is 5.92 Å². The Balaban J connectivity index is 1.81. The maximum atomic E-state index is 12.6. The average Bonchev–Trinajstić information content (AvgIpc) is 3.11. The predicted octanol–water partition coefficient (Wildman–Crippen LogP) is 2.03. The van der Waals surface area contributed by atoms with Crippen molar-refractivity contribution in [3.05, 3.63) is 42.5 Å². The lowest BCUT2D eigenvalue weighted by Crippen LogP contribution is -2.56. The van der Waals surface area contributed by atoms with Crippen molar-refractivity contribution in [1.82, 2.24) is 20.1 Å². The van der Waals surface area contributed by atoms with Crippen LogP contribution in [-0.2, 0) is 4.79 Å². The van der Waals surface area contributed by atoms with Gasteiger partial charge in [0.2, 0.25) is 0 Å². The number of hydrogen-bond acceptors (Lipinski definition) is 4. The molecule has 3 rings (SSSR count). The van der Waals surface area contributed by atoms with E-state index in [9.17, 15) is 14.7 Å². The van der Waals surface area contributed by atoms with E-state index in [1.807, 2.05) is 0 Å². The van der Waals surface area contributed by atoms with Crippen molar-refractivity contribution in [2.75, 3.05) is 0 Å². The number of amides is 1. The van der Waals surface area contributed by atoms with Crippen LogP contribution in [0.25, 0.3) is 5.69 Å². The van der Waals surface area contributed by atoms with Crippen molar-refractivity contribution < 1.29 is 14.7 Å². The van der Waals surface area contributed by atoms with Crippen LogP contribution < -0.4 is 5.32 Å². The fourth-order valence-corrected chi connectivity index (χ4v) is 3.07. The number of carbonyl (C=O) groups excluding carboxylic acids is 1. The molecule has 0 spiro atoms. The Morgan fingerprint density at radius 3 is 2.71 bits per heavy atom. The molecular formula is C17H20N4O3. The third-order valence-corrected chi connectivity index (χ3v) is 4.68. The summed E-state index contributed by atoms with van der Waals surface area (Å²) < 4.78 is 1.55. The first-order valence-corrected chi connectivity index (χ1v) is 8.01. The molecule has 7 nitrogen and oxygen atoms in total. The number of rotatable bonds is 4. The lowest BCUT2D eigenvalue weighted by molar-refractivity contribution is -0.146. The molecule has 24 heavy (non-hydrogen) atoms. The monoisotopic (exact) mass is 328 g/mol. The number of aromatic nitrogens is 3. The highest BCUT2D eigenvalue weighted by Crippen LogP contribution is 2.32. The molecule has 0 atom stereocenters. The van der Waals surface area contributed by atoms with Crippen LogP contribution in [0.3, 0.4) is 0 Å². The normalized spacial score (nSPS) is 23.6. The van der Waals surface area contributed by atoms with Crippen LogP contribution in [-0.4, -0.2) is 37.3 Å². The first-order chi connectivity index (χ1) is 11.5. The third-order valence-electron chi connectivity index (χ3n) is 4.68. The van der Waals surface area contributed by atoms with Gasteiger partial charge in [0.15, 0.2) is 0 Å². The van der Waals surface area contributed by atoms with Crippen molar-refractivity contribution >= 4 is 11.9 Å². The predicted molar refractivity (Wildman–Crippen MR) is 86.8 cm³/mol. The molecule has 2 aromatic rings. The Morgan fingerprint density at radius 1 is 1.33 bits per heavy atom. The second-order valence-electron chi connectivity index (χ2n) is 6.41. The van der Waals surface area contributed by atoms with E-state index in [1.165, 1.54) is 12.7 Å². The second kappa shape index (κ2) is 6.43. The maximum Gasteiger partial charge on any atom is 0.329 e. The quantitative estimate of drug-likeness (QED) is 0.895. The standard InChI is InChI=1S/C17H20N4O3/c1-12-5-7-17(8-6-12,16(23)24)20-15(22)13-3-2-4-14(9-13)21-11-18-10-19-21/h2-4,9-12H,5-8H2,1H3,(H,20,22)(H,23,24). The van der Waals surface area contributed by atoms with E-state index in [-0.39, 0.29) is 5.91 Å². The van der Waals surface area contributed by atoms with Gasteiger partial charge in [0.05, 0.1) is 5.69 Å². The van der Waals surface area contributed by atoms with Gasteiger partial charge in [-0.2, -0.15) is 5.10 Å². The Bertz CT molecular complexity index is 734. The molecule has 0 aliphatic heterocycles. The molecule has 1 aromatic heterocycles. The molecule has 1 aliphatic carbocycles. The SMILES string of the molecule is CC1CCC(NC(=O)c2cccc(-n3cncn3)c2)(C(=O)O)CC1. The van der Waals surface area contributed by atoms with Crippen LogP contribution >= 0.6 is 0 Å². The molecule has 1 saturated carbocycles. The summed E-state index contributed by atoms with van der Waals surface area (Å²) >= 11 is 0. The highest BCUT2D eigenvalue weighted by Gasteiger charge is 2.42. The molecular weight excluding hydrogens is 308 g/mol. The molecule has 0 bridgehead atoms. The topological polar surface area (TPSA) is 97.1 Å². The van der Waals surface area contributed by atoms with Gasteiger partial charge in [0.25, 0.3) is 5.91 Å². The molecule has 1 aromatic carbocycles. The first-order valence-electron chi connectivity index (χ1n) is 8.01. The summed E-state index contributed by atoms with van der Waals surface area (Å²) in [6.45, 7) is 2.11.